The lowest BCUT2D eigenvalue weighted by Crippen LogP contribution is -2.37. The van der Waals surface area contributed by atoms with Crippen LogP contribution in [0.4, 0.5) is 0 Å². The van der Waals surface area contributed by atoms with E-state index in [4.69, 9.17) is 14.3 Å². The maximum Gasteiger partial charge on any atom is 0.306 e. The lowest BCUT2D eigenvalue weighted by Gasteiger charge is -2.27. The number of carboxylic acids is 1. The van der Waals surface area contributed by atoms with Gasteiger partial charge in [0.2, 0.25) is 0 Å². The number of furan rings is 1. The summed E-state index contributed by atoms with van der Waals surface area (Å²) in [6.45, 7) is 2.06. The molecule has 2 N–H and O–H groups in total. The van der Waals surface area contributed by atoms with Crippen LogP contribution in [0.1, 0.15) is 37.9 Å². The third-order valence-electron chi connectivity index (χ3n) is 3.75. The van der Waals surface area contributed by atoms with Crippen LogP contribution in [0.2, 0.25) is 0 Å². The summed E-state index contributed by atoms with van der Waals surface area (Å²) >= 11 is 0. The van der Waals surface area contributed by atoms with E-state index in [1.807, 2.05) is 12.1 Å². The van der Waals surface area contributed by atoms with Gasteiger partial charge in [0.25, 0.3) is 0 Å². The lowest BCUT2D eigenvalue weighted by atomic mass is 9.86. The highest BCUT2D eigenvalue weighted by atomic mass is 16.5. The molecule has 0 saturated heterocycles. The molecule has 0 spiro atoms. The van der Waals surface area contributed by atoms with Crippen molar-refractivity contribution in [1.82, 2.24) is 5.32 Å². The van der Waals surface area contributed by atoms with Crippen molar-refractivity contribution in [2.24, 2.45) is 5.92 Å². The molecule has 1 heterocycles. The van der Waals surface area contributed by atoms with Crippen LogP contribution in [0.5, 0.6) is 0 Å². The van der Waals surface area contributed by atoms with Crippen LogP contribution in [-0.4, -0.2) is 30.3 Å². The minimum absolute atomic E-state index is 0.170. The number of aliphatic carboxylic acids is 1. The highest BCUT2D eigenvalue weighted by molar-refractivity contribution is 5.70. The zero-order valence-corrected chi connectivity index (χ0v) is 11.7. The number of ether oxygens (including phenoxy) is 1. The predicted octanol–water partition coefficient (Wildman–Crippen LogP) is 2.42. The Hall–Kier alpha value is -1.33. The molecule has 0 bridgehead atoms. The van der Waals surface area contributed by atoms with Gasteiger partial charge < -0.3 is 19.6 Å². The van der Waals surface area contributed by atoms with E-state index in [9.17, 15) is 4.79 Å². The fourth-order valence-corrected chi connectivity index (χ4v) is 2.65. The summed E-state index contributed by atoms with van der Waals surface area (Å²) in [5.41, 5.74) is 0. The fraction of sp³-hybridized carbons (Fsp3) is 0.667. The van der Waals surface area contributed by atoms with E-state index in [1.54, 1.807) is 6.26 Å². The summed E-state index contributed by atoms with van der Waals surface area (Å²) in [6.07, 6.45) is 6.22. The van der Waals surface area contributed by atoms with Crippen LogP contribution in [0, 0.1) is 5.92 Å². The molecular formula is C15H23NO4. The minimum Gasteiger partial charge on any atom is -0.481 e. The molecule has 5 nitrogen and oxygen atoms in total. The summed E-state index contributed by atoms with van der Waals surface area (Å²) in [7, 11) is 0. The first-order valence-electron chi connectivity index (χ1n) is 7.32. The summed E-state index contributed by atoms with van der Waals surface area (Å²) in [6, 6.07) is 4.09. The van der Waals surface area contributed by atoms with Gasteiger partial charge in [-0.3, -0.25) is 4.79 Å². The van der Waals surface area contributed by atoms with E-state index in [0.717, 1.165) is 44.4 Å². The van der Waals surface area contributed by atoms with Crippen molar-refractivity contribution in [3.8, 4) is 0 Å². The van der Waals surface area contributed by atoms with Gasteiger partial charge in [-0.05, 0) is 44.4 Å². The predicted molar refractivity (Wildman–Crippen MR) is 74.4 cm³/mol. The van der Waals surface area contributed by atoms with Crippen LogP contribution in [0.3, 0.4) is 0 Å². The largest absolute Gasteiger partial charge is 0.481 e. The van der Waals surface area contributed by atoms with Crippen molar-refractivity contribution in [3.05, 3.63) is 24.2 Å². The smallest absolute Gasteiger partial charge is 0.306 e. The molecule has 0 aliphatic heterocycles. The molecule has 1 aromatic rings. The normalized spacial score (nSPS) is 22.8. The molecule has 0 aromatic carbocycles. The van der Waals surface area contributed by atoms with Crippen LogP contribution in [0.15, 0.2) is 22.8 Å². The molecule has 2 unspecified atom stereocenters. The molecule has 1 aliphatic rings. The summed E-state index contributed by atoms with van der Waals surface area (Å²) in [5.74, 6) is 0.0178. The van der Waals surface area contributed by atoms with Crippen molar-refractivity contribution in [2.45, 2.75) is 44.8 Å². The van der Waals surface area contributed by atoms with Gasteiger partial charge in [-0.2, -0.15) is 0 Å². The first-order chi connectivity index (χ1) is 9.75. The Balaban J connectivity index is 1.51. The topological polar surface area (TPSA) is 71.7 Å². The minimum atomic E-state index is -0.654. The molecule has 2 rings (SSSR count). The van der Waals surface area contributed by atoms with Crippen molar-refractivity contribution >= 4 is 5.97 Å². The quantitative estimate of drug-likeness (QED) is 0.716. The third kappa shape index (κ3) is 4.98. The monoisotopic (exact) mass is 281 g/mol. The highest BCUT2D eigenvalue weighted by Gasteiger charge is 2.26. The van der Waals surface area contributed by atoms with Gasteiger partial charge in [0.1, 0.15) is 12.4 Å². The number of carbonyl (C=O) groups is 1. The Morgan fingerprint density at radius 1 is 1.50 bits per heavy atom. The van der Waals surface area contributed by atoms with E-state index in [1.165, 1.54) is 0 Å². The van der Waals surface area contributed by atoms with Gasteiger partial charge >= 0.3 is 5.97 Å². The van der Waals surface area contributed by atoms with Gasteiger partial charge in [0, 0.05) is 12.6 Å². The average Bonchev–Trinajstić information content (AvgIpc) is 2.96. The Morgan fingerprint density at radius 3 is 3.15 bits per heavy atom. The van der Waals surface area contributed by atoms with E-state index in [2.05, 4.69) is 5.32 Å². The van der Waals surface area contributed by atoms with E-state index in [-0.39, 0.29) is 5.92 Å². The molecule has 1 aromatic heterocycles. The molecule has 112 valence electrons. The van der Waals surface area contributed by atoms with Gasteiger partial charge in [0.15, 0.2) is 0 Å². The number of hydrogen-bond donors (Lipinski definition) is 2. The van der Waals surface area contributed by atoms with Gasteiger partial charge in [-0.1, -0.05) is 6.42 Å². The molecule has 20 heavy (non-hydrogen) atoms. The maximum absolute atomic E-state index is 11.0. The number of rotatable bonds is 8. The number of carboxylic acid groups (broad SMARTS) is 1. The molecule has 0 radical (unpaired) electrons. The third-order valence-corrected chi connectivity index (χ3v) is 3.75. The van der Waals surface area contributed by atoms with Crippen LogP contribution >= 0.6 is 0 Å². The second-order valence-electron chi connectivity index (χ2n) is 5.34. The fourth-order valence-electron chi connectivity index (χ4n) is 2.65. The second-order valence-corrected chi connectivity index (χ2v) is 5.34. The Kier molecular flexibility index (Phi) is 6.08. The van der Waals surface area contributed by atoms with Crippen molar-refractivity contribution in [3.63, 3.8) is 0 Å². The van der Waals surface area contributed by atoms with E-state index < -0.39 is 5.97 Å². The number of nitrogens with one attached hydrogen (secondary N) is 1. The Bertz CT molecular complexity index is 391. The first-order valence-corrected chi connectivity index (χ1v) is 7.32. The highest BCUT2D eigenvalue weighted by Crippen LogP contribution is 2.24. The second kappa shape index (κ2) is 8.07. The first kappa shape index (κ1) is 15.1. The van der Waals surface area contributed by atoms with Gasteiger partial charge in [-0.25, -0.2) is 0 Å². The zero-order chi connectivity index (χ0) is 14.2. The van der Waals surface area contributed by atoms with Gasteiger partial charge in [0.05, 0.1) is 12.2 Å². The summed E-state index contributed by atoms with van der Waals surface area (Å²) in [4.78, 5) is 11.0. The molecular weight excluding hydrogens is 258 g/mol. The Morgan fingerprint density at radius 2 is 2.40 bits per heavy atom. The van der Waals surface area contributed by atoms with Crippen LogP contribution in [0.25, 0.3) is 0 Å². The number of hydrogen-bond acceptors (Lipinski definition) is 4. The van der Waals surface area contributed by atoms with E-state index in [0.29, 0.717) is 19.3 Å². The summed E-state index contributed by atoms with van der Waals surface area (Å²) < 4.78 is 10.7. The molecule has 0 amide bonds. The average molecular weight is 281 g/mol. The van der Waals surface area contributed by atoms with Crippen molar-refractivity contribution in [1.29, 1.82) is 0 Å². The maximum atomic E-state index is 11.0. The van der Waals surface area contributed by atoms with Gasteiger partial charge in [-0.15, -0.1) is 0 Å². The lowest BCUT2D eigenvalue weighted by molar-refractivity contribution is -0.143. The van der Waals surface area contributed by atoms with Crippen LogP contribution < -0.4 is 5.32 Å². The molecule has 1 saturated carbocycles. The summed E-state index contributed by atoms with van der Waals surface area (Å²) in [5, 5.41) is 12.5. The zero-order valence-electron chi connectivity index (χ0n) is 11.7. The molecule has 1 aliphatic carbocycles. The SMILES string of the molecule is O=C(O)C1CCCC(NCCCOCc2ccco2)C1. The Labute approximate surface area is 119 Å². The molecule has 1 fully saturated rings. The van der Waals surface area contributed by atoms with Crippen LogP contribution in [-0.2, 0) is 16.1 Å². The van der Waals surface area contributed by atoms with E-state index >= 15 is 0 Å². The molecule has 5 heteroatoms. The van der Waals surface area contributed by atoms with Crippen molar-refractivity contribution in [2.75, 3.05) is 13.2 Å². The molecule has 2 atom stereocenters. The standard InChI is InChI=1S/C15H23NO4/c17-15(18)12-4-1-5-13(10-12)16-7-3-8-19-11-14-6-2-9-20-14/h2,6,9,12-13,16H,1,3-5,7-8,10-11H2,(H,17,18). The van der Waals surface area contributed by atoms with Crippen molar-refractivity contribution < 1.29 is 19.1 Å².